The SMILES string of the molecule is Cc1cc(NC(=O)OC(C)(C)C)nn1C(C)C(=O)O. The number of carbonyl (C=O) groups is 2. The second kappa shape index (κ2) is 5.29. The molecule has 2 N–H and O–H groups in total. The summed E-state index contributed by atoms with van der Waals surface area (Å²) in [6, 6.07) is 0.790. The molecule has 19 heavy (non-hydrogen) atoms. The molecule has 0 saturated heterocycles. The van der Waals surface area contributed by atoms with E-state index < -0.39 is 23.7 Å². The van der Waals surface area contributed by atoms with Crippen molar-refractivity contribution in [2.75, 3.05) is 5.32 Å². The standard InChI is InChI=1S/C12H19N3O4/c1-7-6-9(13-11(18)19-12(3,4)5)14-15(7)8(2)10(16)17/h6,8H,1-5H3,(H,16,17)(H,13,14,18). The van der Waals surface area contributed by atoms with Gasteiger partial charge in [0, 0.05) is 11.8 Å². The molecule has 0 aliphatic heterocycles. The molecule has 1 atom stereocenters. The van der Waals surface area contributed by atoms with Crippen LogP contribution in [0.25, 0.3) is 0 Å². The van der Waals surface area contributed by atoms with E-state index in [1.165, 1.54) is 11.6 Å². The maximum Gasteiger partial charge on any atom is 0.413 e. The lowest BCUT2D eigenvalue weighted by atomic mass is 10.2. The van der Waals surface area contributed by atoms with Gasteiger partial charge in [-0.3, -0.25) is 10.00 Å². The van der Waals surface area contributed by atoms with Crippen LogP contribution >= 0.6 is 0 Å². The lowest BCUT2D eigenvalue weighted by Crippen LogP contribution is -2.27. The first kappa shape index (κ1) is 15.0. The Bertz CT molecular complexity index is 488. The molecule has 0 saturated carbocycles. The number of carboxylic acid groups (broad SMARTS) is 1. The molecule has 0 aliphatic carbocycles. The number of rotatable bonds is 3. The predicted molar refractivity (Wildman–Crippen MR) is 69.2 cm³/mol. The van der Waals surface area contributed by atoms with E-state index >= 15 is 0 Å². The molecular weight excluding hydrogens is 250 g/mol. The van der Waals surface area contributed by atoms with Gasteiger partial charge in [-0.15, -0.1) is 0 Å². The largest absolute Gasteiger partial charge is 0.480 e. The zero-order chi connectivity index (χ0) is 14.8. The third-order valence-corrected chi connectivity index (χ3v) is 2.28. The normalized spacial score (nSPS) is 12.9. The number of hydrogen-bond donors (Lipinski definition) is 2. The molecule has 0 spiro atoms. The van der Waals surface area contributed by atoms with Crippen LogP contribution in [-0.4, -0.2) is 32.6 Å². The summed E-state index contributed by atoms with van der Waals surface area (Å²) in [7, 11) is 0. The quantitative estimate of drug-likeness (QED) is 0.877. The topological polar surface area (TPSA) is 93.5 Å². The molecule has 1 heterocycles. The van der Waals surface area contributed by atoms with Crippen LogP contribution in [0.2, 0.25) is 0 Å². The summed E-state index contributed by atoms with van der Waals surface area (Å²) in [6.45, 7) is 8.49. The minimum Gasteiger partial charge on any atom is -0.480 e. The Kier molecular flexibility index (Phi) is 4.18. The van der Waals surface area contributed by atoms with Gasteiger partial charge in [-0.1, -0.05) is 0 Å². The van der Waals surface area contributed by atoms with Crippen LogP contribution < -0.4 is 5.32 Å². The molecule has 0 bridgehead atoms. The van der Waals surface area contributed by atoms with Crippen molar-refractivity contribution in [1.29, 1.82) is 0 Å². The van der Waals surface area contributed by atoms with Crippen LogP contribution in [0.1, 0.15) is 39.4 Å². The Labute approximate surface area is 111 Å². The Morgan fingerprint density at radius 2 is 2.05 bits per heavy atom. The summed E-state index contributed by atoms with van der Waals surface area (Å²) in [5.74, 6) is -0.727. The summed E-state index contributed by atoms with van der Waals surface area (Å²) in [6.07, 6.45) is -0.625. The molecule has 1 amide bonds. The van der Waals surface area contributed by atoms with Crippen molar-refractivity contribution in [2.24, 2.45) is 0 Å². The Morgan fingerprint density at radius 1 is 1.47 bits per heavy atom. The third-order valence-electron chi connectivity index (χ3n) is 2.28. The van der Waals surface area contributed by atoms with Crippen molar-refractivity contribution in [3.8, 4) is 0 Å². The summed E-state index contributed by atoms with van der Waals surface area (Å²) >= 11 is 0. The maximum absolute atomic E-state index is 11.6. The minimum atomic E-state index is -0.991. The van der Waals surface area contributed by atoms with Crippen LogP contribution in [-0.2, 0) is 9.53 Å². The van der Waals surface area contributed by atoms with E-state index in [4.69, 9.17) is 9.84 Å². The molecule has 0 aliphatic rings. The average Bonchev–Trinajstić information content (AvgIpc) is 2.54. The number of nitrogens with one attached hydrogen (secondary N) is 1. The highest BCUT2D eigenvalue weighted by Gasteiger charge is 2.20. The molecule has 1 aromatic rings. The fraction of sp³-hybridized carbons (Fsp3) is 0.583. The molecule has 0 aromatic carbocycles. The van der Waals surface area contributed by atoms with Crippen LogP contribution in [0.5, 0.6) is 0 Å². The van der Waals surface area contributed by atoms with E-state index in [9.17, 15) is 9.59 Å². The van der Waals surface area contributed by atoms with Crippen molar-refractivity contribution < 1.29 is 19.4 Å². The number of anilines is 1. The first-order chi connectivity index (χ1) is 8.60. The maximum atomic E-state index is 11.6. The number of amides is 1. The van der Waals surface area contributed by atoms with E-state index in [1.807, 2.05) is 0 Å². The minimum absolute atomic E-state index is 0.264. The molecular formula is C12H19N3O4. The van der Waals surface area contributed by atoms with E-state index in [2.05, 4.69) is 10.4 Å². The third kappa shape index (κ3) is 4.27. The van der Waals surface area contributed by atoms with Crippen molar-refractivity contribution in [2.45, 2.75) is 46.3 Å². The molecule has 7 nitrogen and oxygen atoms in total. The molecule has 0 fully saturated rings. The molecule has 106 valence electrons. The van der Waals surface area contributed by atoms with Crippen LogP contribution in [0.15, 0.2) is 6.07 Å². The molecule has 1 rings (SSSR count). The Hall–Kier alpha value is -2.05. The summed E-state index contributed by atoms with van der Waals surface area (Å²) in [5.41, 5.74) is 0.0386. The molecule has 7 heteroatoms. The smallest absolute Gasteiger partial charge is 0.413 e. The number of aliphatic carboxylic acids is 1. The van der Waals surface area contributed by atoms with Crippen LogP contribution in [0.4, 0.5) is 10.6 Å². The summed E-state index contributed by atoms with van der Waals surface area (Å²) in [5, 5.41) is 15.4. The number of aromatic nitrogens is 2. The van der Waals surface area contributed by atoms with Gasteiger partial charge < -0.3 is 9.84 Å². The van der Waals surface area contributed by atoms with Crippen molar-refractivity contribution in [3.05, 3.63) is 11.8 Å². The van der Waals surface area contributed by atoms with Crippen LogP contribution in [0, 0.1) is 6.92 Å². The van der Waals surface area contributed by atoms with E-state index in [0.29, 0.717) is 5.69 Å². The van der Waals surface area contributed by atoms with Gasteiger partial charge in [0.05, 0.1) is 0 Å². The highest BCUT2D eigenvalue weighted by Crippen LogP contribution is 2.15. The number of carbonyl (C=O) groups excluding carboxylic acids is 1. The number of carboxylic acids is 1. The first-order valence-electron chi connectivity index (χ1n) is 5.89. The van der Waals surface area contributed by atoms with Gasteiger partial charge >= 0.3 is 12.1 Å². The van der Waals surface area contributed by atoms with Crippen LogP contribution in [0.3, 0.4) is 0 Å². The zero-order valence-corrected chi connectivity index (χ0v) is 11.7. The van der Waals surface area contributed by atoms with Gasteiger partial charge in [0.25, 0.3) is 0 Å². The predicted octanol–water partition coefficient (Wildman–Crippen LogP) is 2.18. The van der Waals surface area contributed by atoms with Gasteiger partial charge in [0.15, 0.2) is 5.82 Å². The highest BCUT2D eigenvalue weighted by molar-refractivity contribution is 5.83. The molecule has 1 unspecified atom stereocenters. The number of hydrogen-bond acceptors (Lipinski definition) is 4. The van der Waals surface area contributed by atoms with Gasteiger partial charge in [0.1, 0.15) is 11.6 Å². The van der Waals surface area contributed by atoms with E-state index in [1.54, 1.807) is 33.8 Å². The second-order valence-corrected chi connectivity index (χ2v) is 5.26. The molecule has 1 aromatic heterocycles. The average molecular weight is 269 g/mol. The summed E-state index contributed by atoms with van der Waals surface area (Å²) in [4.78, 5) is 22.5. The Balaban J connectivity index is 2.79. The zero-order valence-electron chi connectivity index (χ0n) is 11.7. The van der Waals surface area contributed by atoms with Crippen molar-refractivity contribution >= 4 is 17.9 Å². The molecule has 0 radical (unpaired) electrons. The Morgan fingerprint density at radius 3 is 2.53 bits per heavy atom. The van der Waals surface area contributed by atoms with E-state index in [-0.39, 0.29) is 5.82 Å². The highest BCUT2D eigenvalue weighted by atomic mass is 16.6. The van der Waals surface area contributed by atoms with Gasteiger partial charge in [-0.2, -0.15) is 5.10 Å². The fourth-order valence-electron chi connectivity index (χ4n) is 1.45. The second-order valence-electron chi connectivity index (χ2n) is 5.26. The summed E-state index contributed by atoms with van der Waals surface area (Å²) < 4.78 is 6.41. The van der Waals surface area contributed by atoms with Crippen molar-refractivity contribution in [3.63, 3.8) is 0 Å². The lowest BCUT2D eigenvalue weighted by molar-refractivity contribution is -0.140. The number of nitrogens with zero attached hydrogens (tertiary/aromatic N) is 2. The number of ether oxygens (including phenoxy) is 1. The number of aryl methyl sites for hydroxylation is 1. The fourth-order valence-corrected chi connectivity index (χ4v) is 1.45. The van der Waals surface area contributed by atoms with Gasteiger partial charge in [-0.05, 0) is 34.6 Å². The van der Waals surface area contributed by atoms with Gasteiger partial charge in [0.2, 0.25) is 0 Å². The van der Waals surface area contributed by atoms with Gasteiger partial charge in [-0.25, -0.2) is 9.59 Å². The van der Waals surface area contributed by atoms with Crippen molar-refractivity contribution in [1.82, 2.24) is 9.78 Å². The lowest BCUT2D eigenvalue weighted by Gasteiger charge is -2.19. The monoisotopic (exact) mass is 269 g/mol. The first-order valence-corrected chi connectivity index (χ1v) is 5.89. The van der Waals surface area contributed by atoms with E-state index in [0.717, 1.165) is 0 Å².